The van der Waals surface area contributed by atoms with E-state index in [4.69, 9.17) is 4.74 Å². The summed E-state index contributed by atoms with van der Waals surface area (Å²) >= 11 is 3.29. The van der Waals surface area contributed by atoms with E-state index in [1.54, 1.807) is 6.92 Å². The fourth-order valence-corrected chi connectivity index (χ4v) is 2.56. The zero-order chi connectivity index (χ0) is 15.6. The fraction of sp³-hybridized carbons (Fsp3) is 0.286. The molecule has 1 aromatic heterocycles. The molecular formula is C14H13BrF2N2O2. The molecule has 0 N–H and O–H groups in total. The lowest BCUT2D eigenvalue weighted by molar-refractivity contribution is 0.0514. The molecule has 0 amide bonds. The van der Waals surface area contributed by atoms with Gasteiger partial charge in [0.2, 0.25) is 0 Å². The first kappa shape index (κ1) is 15.6. The van der Waals surface area contributed by atoms with E-state index >= 15 is 0 Å². The summed E-state index contributed by atoms with van der Waals surface area (Å²) < 4.78 is 33.5. The lowest BCUT2D eigenvalue weighted by Crippen LogP contribution is -2.13. The van der Waals surface area contributed by atoms with Gasteiger partial charge in [-0.05, 0) is 41.4 Å². The predicted molar refractivity (Wildman–Crippen MR) is 76.5 cm³/mol. The van der Waals surface area contributed by atoms with Crippen LogP contribution < -0.4 is 0 Å². The van der Waals surface area contributed by atoms with Crippen LogP contribution in [0.1, 0.15) is 30.0 Å². The van der Waals surface area contributed by atoms with Gasteiger partial charge in [-0.2, -0.15) is 5.10 Å². The Morgan fingerprint density at radius 3 is 2.67 bits per heavy atom. The van der Waals surface area contributed by atoms with Crippen LogP contribution >= 0.6 is 15.9 Å². The molecule has 1 aromatic carbocycles. The van der Waals surface area contributed by atoms with Gasteiger partial charge in [-0.25, -0.2) is 18.3 Å². The smallest absolute Gasteiger partial charge is 0.358 e. The third kappa shape index (κ3) is 2.97. The average Bonchev–Trinajstić information content (AvgIpc) is 2.75. The van der Waals surface area contributed by atoms with Crippen molar-refractivity contribution in [2.45, 2.75) is 20.3 Å². The normalized spacial score (nSPS) is 10.7. The lowest BCUT2D eigenvalue weighted by atomic mass is 10.2. The number of halogens is 3. The maximum absolute atomic E-state index is 13.9. The van der Waals surface area contributed by atoms with Gasteiger partial charge in [0.15, 0.2) is 11.5 Å². The molecule has 1 heterocycles. The molecule has 112 valence electrons. The van der Waals surface area contributed by atoms with E-state index in [0.29, 0.717) is 16.6 Å². The quantitative estimate of drug-likeness (QED) is 0.783. The molecule has 0 aliphatic heterocycles. The Kier molecular flexibility index (Phi) is 4.72. The molecule has 0 fully saturated rings. The van der Waals surface area contributed by atoms with Gasteiger partial charge in [-0.1, -0.05) is 6.92 Å². The molecule has 0 unspecified atom stereocenters. The second-order valence-electron chi connectivity index (χ2n) is 4.19. The summed E-state index contributed by atoms with van der Waals surface area (Å²) in [7, 11) is 0. The molecule has 0 bridgehead atoms. The van der Waals surface area contributed by atoms with Crippen molar-refractivity contribution in [1.82, 2.24) is 9.78 Å². The highest BCUT2D eigenvalue weighted by Gasteiger charge is 2.24. The van der Waals surface area contributed by atoms with E-state index in [0.717, 1.165) is 16.8 Å². The second-order valence-corrected chi connectivity index (χ2v) is 4.98. The summed E-state index contributed by atoms with van der Waals surface area (Å²) in [6.45, 7) is 3.71. The van der Waals surface area contributed by atoms with Crippen LogP contribution in [-0.4, -0.2) is 22.4 Å². The number of nitrogens with zero attached hydrogens (tertiary/aromatic N) is 2. The molecule has 0 aliphatic rings. The summed E-state index contributed by atoms with van der Waals surface area (Å²) in [4.78, 5) is 12.1. The number of ether oxygens (including phenoxy) is 1. The lowest BCUT2D eigenvalue weighted by Gasteiger charge is -2.08. The van der Waals surface area contributed by atoms with E-state index in [1.807, 2.05) is 6.92 Å². The van der Waals surface area contributed by atoms with Gasteiger partial charge >= 0.3 is 5.97 Å². The van der Waals surface area contributed by atoms with E-state index < -0.39 is 17.6 Å². The Morgan fingerprint density at radius 2 is 2.10 bits per heavy atom. The van der Waals surface area contributed by atoms with Crippen molar-refractivity contribution in [1.29, 1.82) is 0 Å². The molecule has 2 aromatic rings. The Bertz CT molecular complexity index is 686. The van der Waals surface area contributed by atoms with Crippen LogP contribution in [0.2, 0.25) is 0 Å². The van der Waals surface area contributed by atoms with E-state index in [2.05, 4.69) is 21.0 Å². The number of aromatic nitrogens is 2. The summed E-state index contributed by atoms with van der Waals surface area (Å²) in [5.41, 5.74) is 0.654. The van der Waals surface area contributed by atoms with Crippen molar-refractivity contribution in [3.05, 3.63) is 45.7 Å². The molecule has 4 nitrogen and oxygen atoms in total. The van der Waals surface area contributed by atoms with Crippen LogP contribution in [0.5, 0.6) is 0 Å². The van der Waals surface area contributed by atoms with Gasteiger partial charge in [-0.3, -0.25) is 0 Å². The zero-order valence-corrected chi connectivity index (χ0v) is 13.1. The van der Waals surface area contributed by atoms with Crippen molar-refractivity contribution in [3.63, 3.8) is 0 Å². The number of esters is 1. The number of rotatable bonds is 4. The van der Waals surface area contributed by atoms with Crippen molar-refractivity contribution in [2.75, 3.05) is 6.61 Å². The number of benzene rings is 1. The average molecular weight is 359 g/mol. The van der Waals surface area contributed by atoms with Gasteiger partial charge in [0.05, 0.1) is 16.8 Å². The molecule has 0 saturated heterocycles. The standard InChI is InChI=1S/C14H13BrF2N2O2/c1-3-10-12(15)13(14(20)21-4-2)19(18-10)11-6-5-8(16)7-9(11)17/h5-7H,3-4H2,1-2H3. The van der Waals surface area contributed by atoms with Crippen molar-refractivity contribution >= 4 is 21.9 Å². The van der Waals surface area contributed by atoms with Crippen molar-refractivity contribution in [3.8, 4) is 5.69 Å². The summed E-state index contributed by atoms with van der Waals surface area (Å²) in [6, 6.07) is 3.08. The van der Waals surface area contributed by atoms with Gasteiger partial charge in [-0.15, -0.1) is 0 Å². The zero-order valence-electron chi connectivity index (χ0n) is 11.5. The fourth-order valence-electron chi connectivity index (χ4n) is 1.87. The minimum Gasteiger partial charge on any atom is -0.461 e. The van der Waals surface area contributed by atoms with Gasteiger partial charge in [0.25, 0.3) is 0 Å². The maximum Gasteiger partial charge on any atom is 0.358 e. The summed E-state index contributed by atoms with van der Waals surface area (Å²) in [6.07, 6.45) is 0.544. The molecule has 2 rings (SSSR count). The molecule has 0 radical (unpaired) electrons. The Hall–Kier alpha value is -1.76. The van der Waals surface area contributed by atoms with Gasteiger partial charge in [0.1, 0.15) is 11.5 Å². The number of hydrogen-bond acceptors (Lipinski definition) is 3. The molecule has 0 spiro atoms. The Balaban J connectivity index is 2.64. The van der Waals surface area contributed by atoms with Crippen LogP contribution in [0.15, 0.2) is 22.7 Å². The van der Waals surface area contributed by atoms with E-state index in [9.17, 15) is 13.6 Å². The van der Waals surface area contributed by atoms with Crippen LogP contribution in [0.25, 0.3) is 5.69 Å². The van der Waals surface area contributed by atoms with Crippen LogP contribution in [-0.2, 0) is 11.2 Å². The monoisotopic (exact) mass is 358 g/mol. The van der Waals surface area contributed by atoms with Gasteiger partial charge in [0, 0.05) is 6.07 Å². The SMILES string of the molecule is CCOC(=O)c1c(Br)c(CC)nn1-c1ccc(F)cc1F. The summed E-state index contributed by atoms with van der Waals surface area (Å²) in [5, 5.41) is 4.20. The predicted octanol–water partition coefficient (Wildman–Crippen LogP) is 3.65. The van der Waals surface area contributed by atoms with Crippen LogP contribution in [0.4, 0.5) is 8.78 Å². The summed E-state index contributed by atoms with van der Waals surface area (Å²) in [5.74, 6) is -2.13. The van der Waals surface area contributed by atoms with Crippen molar-refractivity contribution in [2.24, 2.45) is 0 Å². The maximum atomic E-state index is 13.9. The number of carbonyl (C=O) groups is 1. The molecule has 0 atom stereocenters. The number of hydrogen-bond donors (Lipinski definition) is 0. The van der Waals surface area contributed by atoms with E-state index in [1.165, 1.54) is 6.07 Å². The van der Waals surface area contributed by atoms with Crippen LogP contribution in [0.3, 0.4) is 0 Å². The van der Waals surface area contributed by atoms with Crippen LogP contribution in [0, 0.1) is 11.6 Å². The molecule has 0 aliphatic carbocycles. The van der Waals surface area contributed by atoms with E-state index in [-0.39, 0.29) is 18.0 Å². The largest absolute Gasteiger partial charge is 0.461 e. The number of aryl methyl sites for hydroxylation is 1. The van der Waals surface area contributed by atoms with Crippen molar-refractivity contribution < 1.29 is 18.3 Å². The first-order valence-corrected chi connectivity index (χ1v) is 7.18. The van der Waals surface area contributed by atoms with Gasteiger partial charge < -0.3 is 4.74 Å². The second kappa shape index (κ2) is 6.34. The highest BCUT2D eigenvalue weighted by Crippen LogP contribution is 2.27. The Labute approximate surface area is 128 Å². The molecule has 21 heavy (non-hydrogen) atoms. The highest BCUT2D eigenvalue weighted by molar-refractivity contribution is 9.10. The first-order chi connectivity index (χ1) is 9.99. The highest BCUT2D eigenvalue weighted by atomic mass is 79.9. The third-order valence-corrected chi connectivity index (χ3v) is 3.67. The minimum atomic E-state index is -0.807. The number of carbonyl (C=O) groups excluding carboxylic acids is 1. The molecular weight excluding hydrogens is 346 g/mol. The Morgan fingerprint density at radius 1 is 1.38 bits per heavy atom. The topological polar surface area (TPSA) is 44.1 Å². The first-order valence-electron chi connectivity index (χ1n) is 6.39. The molecule has 7 heteroatoms. The third-order valence-electron chi connectivity index (χ3n) is 2.84. The molecule has 0 saturated carbocycles. The minimum absolute atomic E-state index is 0.0140.